The number of aromatic nitrogens is 4. The minimum atomic E-state index is 0. The van der Waals surface area contributed by atoms with E-state index in [-0.39, 0.29) is 24.8 Å². The van der Waals surface area contributed by atoms with Gasteiger partial charge in [0, 0.05) is 12.1 Å². The molecule has 0 aliphatic carbocycles. The van der Waals surface area contributed by atoms with Crippen LogP contribution < -0.4 is 5.32 Å². The van der Waals surface area contributed by atoms with E-state index >= 15 is 0 Å². The van der Waals surface area contributed by atoms with Gasteiger partial charge in [-0.2, -0.15) is 5.10 Å². The van der Waals surface area contributed by atoms with Gasteiger partial charge >= 0.3 is 0 Å². The molecule has 0 radical (unpaired) electrons. The summed E-state index contributed by atoms with van der Waals surface area (Å²) >= 11 is 0. The molecule has 0 aromatic carbocycles. The minimum absolute atomic E-state index is 0. The van der Waals surface area contributed by atoms with Crippen LogP contribution in [0.1, 0.15) is 24.6 Å². The van der Waals surface area contributed by atoms with Gasteiger partial charge in [0.15, 0.2) is 5.82 Å². The lowest BCUT2D eigenvalue weighted by molar-refractivity contribution is 0.446. The predicted octanol–water partition coefficient (Wildman–Crippen LogP) is 2.18. The lowest BCUT2D eigenvalue weighted by Crippen LogP contribution is -2.27. The number of piperidine rings is 1. The molecule has 0 amide bonds. The van der Waals surface area contributed by atoms with Crippen molar-refractivity contribution in [3.8, 4) is 11.5 Å². The zero-order valence-corrected chi connectivity index (χ0v) is 12.0. The number of H-pyrrole nitrogens is 1. The molecule has 0 atom stereocenters. The normalized spacial score (nSPS) is 15.4. The Morgan fingerprint density at radius 1 is 1.11 bits per heavy atom. The first-order valence-electron chi connectivity index (χ1n) is 5.98. The van der Waals surface area contributed by atoms with Gasteiger partial charge in [-0.25, -0.2) is 4.98 Å². The summed E-state index contributed by atoms with van der Waals surface area (Å²) in [4.78, 5) is 8.80. The highest BCUT2D eigenvalue weighted by Crippen LogP contribution is 2.23. The molecule has 2 aromatic heterocycles. The van der Waals surface area contributed by atoms with Gasteiger partial charge in [-0.05, 0) is 38.1 Å². The van der Waals surface area contributed by atoms with Gasteiger partial charge < -0.3 is 5.32 Å². The molecule has 1 aliphatic rings. The van der Waals surface area contributed by atoms with E-state index in [0.717, 1.165) is 37.4 Å². The van der Waals surface area contributed by atoms with Crippen molar-refractivity contribution in [1.82, 2.24) is 25.5 Å². The zero-order valence-electron chi connectivity index (χ0n) is 10.4. The molecule has 1 fully saturated rings. The van der Waals surface area contributed by atoms with E-state index in [1.54, 1.807) is 6.20 Å². The second-order valence-electron chi connectivity index (χ2n) is 4.28. The average Bonchev–Trinajstić information content (AvgIpc) is 2.90. The predicted molar refractivity (Wildman–Crippen MR) is 79.0 cm³/mol. The highest BCUT2D eigenvalue weighted by atomic mass is 35.5. The van der Waals surface area contributed by atoms with Crippen molar-refractivity contribution in [3.05, 3.63) is 30.2 Å². The minimum Gasteiger partial charge on any atom is -0.317 e. The van der Waals surface area contributed by atoms with E-state index in [1.807, 2.05) is 18.2 Å². The largest absolute Gasteiger partial charge is 0.317 e. The lowest BCUT2D eigenvalue weighted by Gasteiger charge is -2.19. The molecular weight excluding hydrogens is 285 g/mol. The van der Waals surface area contributed by atoms with Crippen LogP contribution in [0.15, 0.2) is 24.4 Å². The fraction of sp³-hybridized carbons (Fsp3) is 0.417. The second kappa shape index (κ2) is 7.43. The average molecular weight is 302 g/mol. The Hall–Kier alpha value is -1.17. The summed E-state index contributed by atoms with van der Waals surface area (Å²) in [6.07, 6.45) is 4.00. The van der Waals surface area contributed by atoms with Crippen LogP contribution in [0.4, 0.5) is 0 Å². The van der Waals surface area contributed by atoms with Gasteiger partial charge in [-0.15, -0.1) is 24.8 Å². The molecule has 0 unspecified atom stereocenters. The lowest BCUT2D eigenvalue weighted by atomic mass is 9.98. The number of hydrogen-bond donors (Lipinski definition) is 2. The molecule has 0 saturated carbocycles. The summed E-state index contributed by atoms with van der Waals surface area (Å²) < 4.78 is 0. The quantitative estimate of drug-likeness (QED) is 0.892. The first kappa shape index (κ1) is 15.9. The van der Waals surface area contributed by atoms with Crippen LogP contribution in [0.5, 0.6) is 0 Å². The Kier molecular flexibility index (Phi) is 6.21. The van der Waals surface area contributed by atoms with Crippen LogP contribution in [0.2, 0.25) is 0 Å². The molecule has 104 valence electrons. The summed E-state index contributed by atoms with van der Waals surface area (Å²) in [7, 11) is 0. The second-order valence-corrected chi connectivity index (χ2v) is 4.28. The number of nitrogens with one attached hydrogen (secondary N) is 2. The van der Waals surface area contributed by atoms with Crippen molar-refractivity contribution in [3.63, 3.8) is 0 Å². The SMILES string of the molecule is Cl.Cl.c1ccc(-c2n[nH]c(C3CCNCC3)n2)nc1. The van der Waals surface area contributed by atoms with Crippen LogP contribution in [0.25, 0.3) is 11.5 Å². The van der Waals surface area contributed by atoms with Crippen LogP contribution >= 0.6 is 24.8 Å². The van der Waals surface area contributed by atoms with E-state index in [9.17, 15) is 0 Å². The van der Waals surface area contributed by atoms with Gasteiger partial charge in [0.2, 0.25) is 0 Å². The van der Waals surface area contributed by atoms with E-state index in [2.05, 4.69) is 25.5 Å². The monoisotopic (exact) mass is 301 g/mol. The van der Waals surface area contributed by atoms with Gasteiger partial charge in [-0.3, -0.25) is 10.1 Å². The third-order valence-electron chi connectivity index (χ3n) is 3.12. The highest BCUT2D eigenvalue weighted by molar-refractivity contribution is 5.85. The van der Waals surface area contributed by atoms with Gasteiger partial charge in [0.25, 0.3) is 0 Å². The van der Waals surface area contributed by atoms with E-state index in [4.69, 9.17) is 0 Å². The summed E-state index contributed by atoms with van der Waals surface area (Å²) in [6.45, 7) is 2.12. The molecular formula is C12H17Cl2N5. The van der Waals surface area contributed by atoms with E-state index < -0.39 is 0 Å². The molecule has 3 rings (SSSR count). The van der Waals surface area contributed by atoms with Gasteiger partial charge in [0.1, 0.15) is 11.5 Å². The smallest absolute Gasteiger partial charge is 0.199 e. The Bertz CT molecular complexity index is 482. The number of aromatic amines is 1. The Morgan fingerprint density at radius 3 is 2.58 bits per heavy atom. The number of rotatable bonds is 2. The fourth-order valence-electron chi connectivity index (χ4n) is 2.16. The van der Waals surface area contributed by atoms with Crippen molar-refractivity contribution in [2.75, 3.05) is 13.1 Å². The van der Waals surface area contributed by atoms with Gasteiger partial charge in [-0.1, -0.05) is 6.07 Å². The first-order chi connectivity index (χ1) is 8.43. The summed E-state index contributed by atoms with van der Waals surface area (Å²) in [5, 5.41) is 10.6. The van der Waals surface area contributed by atoms with Crippen LogP contribution in [-0.4, -0.2) is 33.3 Å². The number of pyridine rings is 1. The number of nitrogens with zero attached hydrogens (tertiary/aromatic N) is 3. The molecule has 0 spiro atoms. The molecule has 19 heavy (non-hydrogen) atoms. The molecule has 5 nitrogen and oxygen atoms in total. The fourth-order valence-corrected chi connectivity index (χ4v) is 2.16. The Labute approximate surface area is 124 Å². The van der Waals surface area contributed by atoms with Gasteiger partial charge in [0.05, 0.1) is 0 Å². The standard InChI is InChI=1S/C12H15N5.2ClH/c1-2-6-14-10(3-1)12-15-11(16-17-12)9-4-7-13-8-5-9;;/h1-3,6,9,13H,4-5,7-8H2,(H,15,16,17);2*1H. The van der Waals surface area contributed by atoms with Crippen LogP contribution in [0, 0.1) is 0 Å². The van der Waals surface area contributed by atoms with Crippen molar-refractivity contribution in [1.29, 1.82) is 0 Å². The molecule has 1 saturated heterocycles. The van der Waals surface area contributed by atoms with Crippen molar-refractivity contribution < 1.29 is 0 Å². The first-order valence-corrected chi connectivity index (χ1v) is 5.98. The third kappa shape index (κ3) is 3.65. The third-order valence-corrected chi connectivity index (χ3v) is 3.12. The molecule has 0 bridgehead atoms. The maximum Gasteiger partial charge on any atom is 0.199 e. The summed E-state index contributed by atoms with van der Waals surface area (Å²) in [6, 6.07) is 5.77. The van der Waals surface area contributed by atoms with E-state index in [0.29, 0.717) is 11.7 Å². The summed E-state index contributed by atoms with van der Waals surface area (Å²) in [5.74, 6) is 2.19. The van der Waals surface area contributed by atoms with Crippen molar-refractivity contribution in [2.45, 2.75) is 18.8 Å². The van der Waals surface area contributed by atoms with Crippen molar-refractivity contribution in [2.24, 2.45) is 0 Å². The number of hydrogen-bond acceptors (Lipinski definition) is 4. The number of halogens is 2. The Balaban J connectivity index is 0.000000902. The molecule has 1 aliphatic heterocycles. The Morgan fingerprint density at radius 2 is 1.89 bits per heavy atom. The summed E-state index contributed by atoms with van der Waals surface area (Å²) in [5.41, 5.74) is 0.823. The molecule has 2 aromatic rings. The van der Waals surface area contributed by atoms with Crippen molar-refractivity contribution >= 4 is 24.8 Å². The molecule has 3 heterocycles. The molecule has 2 N–H and O–H groups in total. The zero-order chi connectivity index (χ0) is 11.5. The maximum atomic E-state index is 4.55. The topological polar surface area (TPSA) is 66.5 Å². The molecule has 7 heteroatoms. The van der Waals surface area contributed by atoms with E-state index in [1.165, 1.54) is 0 Å². The maximum absolute atomic E-state index is 4.55. The van der Waals surface area contributed by atoms with Crippen LogP contribution in [0.3, 0.4) is 0 Å². The highest BCUT2D eigenvalue weighted by Gasteiger charge is 2.19. The van der Waals surface area contributed by atoms with Crippen LogP contribution in [-0.2, 0) is 0 Å².